The van der Waals surface area contributed by atoms with Crippen LogP contribution in [0.25, 0.3) is 0 Å². The molecule has 3 nitrogen and oxygen atoms in total. The third-order valence-electron chi connectivity index (χ3n) is 0.794. The van der Waals surface area contributed by atoms with Crippen molar-refractivity contribution in [2.45, 2.75) is 18.6 Å². The van der Waals surface area contributed by atoms with Crippen LogP contribution in [0, 0.1) is 0 Å². The third-order valence-corrected chi connectivity index (χ3v) is 1.80. The molecule has 9 heavy (non-hydrogen) atoms. The second kappa shape index (κ2) is 3.43. The van der Waals surface area contributed by atoms with Crippen molar-refractivity contribution in [1.29, 1.82) is 0 Å². The van der Waals surface area contributed by atoms with E-state index in [1.54, 1.807) is 6.92 Å². The molecule has 0 spiro atoms. The average molecular weight is 170 g/mol. The van der Waals surface area contributed by atoms with Crippen molar-refractivity contribution in [2.75, 3.05) is 5.75 Å². The Kier molecular flexibility index (Phi) is 3.53. The fourth-order valence-electron chi connectivity index (χ4n) is 0.319. The van der Waals surface area contributed by atoms with E-state index in [1.807, 2.05) is 0 Å². The molecule has 0 bridgehead atoms. The van der Waals surface area contributed by atoms with Crippen LogP contribution in [0.2, 0.25) is 0 Å². The topological polar surface area (TPSA) is 54.4 Å². The molecule has 0 aromatic rings. The predicted molar refractivity (Wildman–Crippen MR) is 39.5 cm³/mol. The first-order valence-electron chi connectivity index (χ1n) is 2.55. The van der Waals surface area contributed by atoms with Crippen molar-refractivity contribution in [3.63, 3.8) is 0 Å². The van der Waals surface area contributed by atoms with E-state index >= 15 is 0 Å². The van der Waals surface area contributed by atoms with Crippen LogP contribution in [0.15, 0.2) is 0 Å². The first-order valence-corrected chi connectivity index (χ1v) is 4.67. The van der Waals surface area contributed by atoms with Crippen LogP contribution in [0.3, 0.4) is 0 Å². The van der Waals surface area contributed by atoms with Crippen molar-refractivity contribution >= 4 is 22.7 Å². The van der Waals surface area contributed by atoms with Crippen LogP contribution in [0.5, 0.6) is 0 Å². The molecule has 0 aliphatic carbocycles. The summed E-state index contributed by atoms with van der Waals surface area (Å²) in [5.74, 6) is -0.197. The Hall–Kier alpha value is 0.260. The van der Waals surface area contributed by atoms with E-state index in [0.29, 0.717) is 6.42 Å². The summed E-state index contributed by atoms with van der Waals surface area (Å²) in [6.45, 7) is 1.77. The van der Waals surface area contributed by atoms with Crippen molar-refractivity contribution in [1.82, 2.24) is 0 Å². The lowest BCUT2D eigenvalue weighted by Crippen LogP contribution is -2.07. The Morgan fingerprint density at radius 1 is 1.67 bits per heavy atom. The fraction of sp³-hybridized carbons (Fsp3) is 1.00. The van der Waals surface area contributed by atoms with Gasteiger partial charge in [-0.3, -0.25) is 4.55 Å². The van der Waals surface area contributed by atoms with E-state index < -0.39 is 10.1 Å². The molecule has 0 aliphatic rings. The number of hydrogen-bond acceptors (Lipinski definition) is 3. The summed E-state index contributed by atoms with van der Waals surface area (Å²) in [6, 6.07) is 0. The fourth-order valence-corrected chi connectivity index (χ4v) is 1.27. The molecule has 5 heteroatoms. The molecule has 0 amide bonds. The number of thiol groups is 1. The van der Waals surface area contributed by atoms with Gasteiger partial charge in [-0.05, 0) is 11.7 Å². The summed E-state index contributed by atoms with van der Waals surface area (Å²) in [5.41, 5.74) is 0. The predicted octanol–water partition coefficient (Wildman–Crippen LogP) is 0.583. The summed E-state index contributed by atoms with van der Waals surface area (Å²) in [7, 11) is -3.77. The van der Waals surface area contributed by atoms with Gasteiger partial charge in [0.2, 0.25) is 0 Å². The highest BCUT2D eigenvalue weighted by atomic mass is 32.2. The lowest BCUT2D eigenvalue weighted by atomic mass is 10.4. The van der Waals surface area contributed by atoms with Gasteiger partial charge in [-0.25, -0.2) is 0 Å². The van der Waals surface area contributed by atoms with Gasteiger partial charge in [0.15, 0.2) is 0 Å². The van der Waals surface area contributed by atoms with Crippen LogP contribution < -0.4 is 0 Å². The molecular formula is C4H10O3S2. The molecule has 0 radical (unpaired) electrons. The van der Waals surface area contributed by atoms with Crippen LogP contribution in [0.1, 0.15) is 13.3 Å². The summed E-state index contributed by atoms with van der Waals surface area (Å²) >= 11 is 3.93. The van der Waals surface area contributed by atoms with Crippen molar-refractivity contribution < 1.29 is 13.0 Å². The van der Waals surface area contributed by atoms with Gasteiger partial charge in [0.1, 0.15) is 0 Å². The van der Waals surface area contributed by atoms with E-state index in [9.17, 15) is 8.42 Å². The molecule has 1 atom stereocenters. The third kappa shape index (κ3) is 8.26. The molecule has 56 valence electrons. The van der Waals surface area contributed by atoms with E-state index in [4.69, 9.17) is 4.55 Å². The van der Waals surface area contributed by atoms with Gasteiger partial charge in [-0.2, -0.15) is 21.0 Å². The molecular weight excluding hydrogens is 160 g/mol. The second-order valence-electron chi connectivity index (χ2n) is 1.92. The summed E-state index contributed by atoms with van der Waals surface area (Å²) in [4.78, 5) is 0. The maximum absolute atomic E-state index is 10.1. The summed E-state index contributed by atoms with van der Waals surface area (Å²) < 4.78 is 28.3. The SMILES string of the molecule is CC(S)CCS(=O)(=O)O. The highest BCUT2D eigenvalue weighted by Crippen LogP contribution is 2.00. The first kappa shape index (κ1) is 9.26. The van der Waals surface area contributed by atoms with Crippen LogP contribution in [-0.2, 0) is 10.1 Å². The van der Waals surface area contributed by atoms with Gasteiger partial charge >= 0.3 is 0 Å². The van der Waals surface area contributed by atoms with E-state index in [2.05, 4.69) is 12.6 Å². The smallest absolute Gasteiger partial charge is 0.264 e. The highest BCUT2D eigenvalue weighted by molar-refractivity contribution is 7.85. The van der Waals surface area contributed by atoms with Gasteiger partial charge in [0.05, 0.1) is 5.75 Å². The van der Waals surface area contributed by atoms with Gasteiger partial charge in [-0.1, -0.05) is 6.92 Å². The molecule has 0 saturated carbocycles. The zero-order chi connectivity index (χ0) is 7.49. The van der Waals surface area contributed by atoms with Crippen molar-refractivity contribution in [3.05, 3.63) is 0 Å². The Bertz CT molecular complexity index is 159. The van der Waals surface area contributed by atoms with Gasteiger partial charge in [0, 0.05) is 0 Å². The standard InChI is InChI=1S/C4H10O3S2/c1-4(8)2-3-9(5,6)7/h4,8H,2-3H2,1H3,(H,5,6,7). The van der Waals surface area contributed by atoms with Gasteiger partial charge in [0.25, 0.3) is 10.1 Å². The van der Waals surface area contributed by atoms with Crippen LogP contribution in [-0.4, -0.2) is 24.0 Å². The minimum absolute atomic E-state index is 0.0203. The van der Waals surface area contributed by atoms with Crippen LogP contribution in [0.4, 0.5) is 0 Å². The highest BCUT2D eigenvalue weighted by Gasteiger charge is 2.05. The zero-order valence-electron chi connectivity index (χ0n) is 5.11. The van der Waals surface area contributed by atoms with E-state index in [-0.39, 0.29) is 11.0 Å². The first-order chi connectivity index (χ1) is 3.92. The monoisotopic (exact) mass is 170 g/mol. The van der Waals surface area contributed by atoms with E-state index in [0.717, 1.165) is 0 Å². The Morgan fingerprint density at radius 3 is 2.22 bits per heavy atom. The molecule has 0 aromatic carbocycles. The molecule has 1 N–H and O–H groups in total. The summed E-state index contributed by atoms with van der Waals surface area (Å²) in [6.07, 6.45) is 0.391. The minimum atomic E-state index is -3.77. The van der Waals surface area contributed by atoms with Crippen molar-refractivity contribution in [3.8, 4) is 0 Å². The van der Waals surface area contributed by atoms with Gasteiger partial charge in [-0.15, -0.1) is 0 Å². The molecule has 0 heterocycles. The largest absolute Gasteiger partial charge is 0.286 e. The summed E-state index contributed by atoms with van der Waals surface area (Å²) in [5, 5.41) is 0.0203. The maximum atomic E-state index is 10.1. The normalized spacial score (nSPS) is 15.4. The molecule has 0 saturated heterocycles. The van der Waals surface area contributed by atoms with Crippen LogP contribution >= 0.6 is 12.6 Å². The Labute approximate surface area is 60.6 Å². The zero-order valence-corrected chi connectivity index (χ0v) is 6.82. The molecule has 0 fully saturated rings. The lowest BCUT2D eigenvalue weighted by Gasteiger charge is -1.98. The lowest BCUT2D eigenvalue weighted by molar-refractivity contribution is 0.481. The average Bonchev–Trinajstić information content (AvgIpc) is 1.59. The number of rotatable bonds is 3. The van der Waals surface area contributed by atoms with E-state index in [1.165, 1.54) is 0 Å². The molecule has 0 aromatic heterocycles. The Balaban J connectivity index is 3.53. The maximum Gasteiger partial charge on any atom is 0.264 e. The second-order valence-corrected chi connectivity index (χ2v) is 4.38. The van der Waals surface area contributed by atoms with Crippen molar-refractivity contribution in [2.24, 2.45) is 0 Å². The minimum Gasteiger partial charge on any atom is -0.286 e. The van der Waals surface area contributed by atoms with Gasteiger partial charge < -0.3 is 0 Å². The molecule has 0 rings (SSSR count). The quantitative estimate of drug-likeness (QED) is 0.481. The molecule has 1 unspecified atom stereocenters. The Morgan fingerprint density at radius 2 is 2.11 bits per heavy atom. The number of hydrogen-bond donors (Lipinski definition) is 2. The molecule has 0 aliphatic heterocycles.